The van der Waals surface area contributed by atoms with Crippen molar-refractivity contribution >= 4 is 40.8 Å². The molecule has 1 amide bonds. The van der Waals surface area contributed by atoms with Gasteiger partial charge in [-0.2, -0.15) is 0 Å². The molecular weight excluding hydrogens is 341 g/mol. The van der Waals surface area contributed by atoms with Crippen LogP contribution < -0.4 is 10.1 Å². The number of nitrogens with one attached hydrogen (secondary N) is 1. The first-order valence-electron chi connectivity index (χ1n) is 6.55. The topological polar surface area (TPSA) is 64.6 Å². The molecule has 0 aliphatic carbocycles. The zero-order chi connectivity index (χ0) is 16.8. The molecule has 0 saturated carbocycles. The zero-order valence-corrected chi connectivity index (χ0v) is 13.6. The van der Waals surface area contributed by atoms with E-state index in [1.807, 2.05) is 0 Å². The van der Waals surface area contributed by atoms with Gasteiger partial charge in [0.25, 0.3) is 5.91 Å². The molecule has 2 rings (SSSR count). The van der Waals surface area contributed by atoms with Gasteiger partial charge in [-0.1, -0.05) is 23.2 Å². The minimum Gasteiger partial charge on any atom is -0.482 e. The van der Waals surface area contributed by atoms with Crippen LogP contribution in [0.15, 0.2) is 42.5 Å². The predicted molar refractivity (Wildman–Crippen MR) is 88.4 cm³/mol. The smallest absolute Gasteiger partial charge is 0.337 e. The van der Waals surface area contributed by atoms with Crippen molar-refractivity contribution < 1.29 is 19.1 Å². The number of anilines is 1. The number of esters is 1. The van der Waals surface area contributed by atoms with Crippen LogP contribution in [0, 0.1) is 0 Å². The third-order valence-electron chi connectivity index (χ3n) is 2.84. The molecule has 0 heterocycles. The Morgan fingerprint density at radius 1 is 1.09 bits per heavy atom. The highest BCUT2D eigenvalue weighted by atomic mass is 35.5. The first-order valence-corrected chi connectivity index (χ1v) is 7.31. The molecule has 0 aliphatic rings. The van der Waals surface area contributed by atoms with Gasteiger partial charge < -0.3 is 14.8 Å². The summed E-state index contributed by atoms with van der Waals surface area (Å²) >= 11 is 11.8. The Balaban J connectivity index is 1.92. The first-order chi connectivity index (χ1) is 11.0. The van der Waals surface area contributed by atoms with Gasteiger partial charge in [0.2, 0.25) is 0 Å². The van der Waals surface area contributed by atoms with Crippen molar-refractivity contribution in [3.8, 4) is 5.75 Å². The fraction of sp³-hybridized carbons (Fsp3) is 0.125. The van der Waals surface area contributed by atoms with E-state index in [9.17, 15) is 9.59 Å². The van der Waals surface area contributed by atoms with Gasteiger partial charge in [-0.05, 0) is 36.4 Å². The lowest BCUT2D eigenvalue weighted by Gasteiger charge is -2.09. The number of amides is 1. The lowest BCUT2D eigenvalue weighted by molar-refractivity contribution is -0.118. The molecule has 7 heteroatoms. The molecule has 120 valence electrons. The van der Waals surface area contributed by atoms with Crippen LogP contribution in [-0.2, 0) is 9.53 Å². The largest absolute Gasteiger partial charge is 0.482 e. The fourth-order valence-corrected chi connectivity index (χ4v) is 2.07. The molecule has 1 N–H and O–H groups in total. The number of hydrogen-bond donors (Lipinski definition) is 1. The maximum absolute atomic E-state index is 11.9. The maximum Gasteiger partial charge on any atom is 0.337 e. The third-order valence-corrected chi connectivity index (χ3v) is 3.39. The second-order valence-corrected chi connectivity index (χ2v) is 5.32. The predicted octanol–water partition coefficient (Wildman–Crippen LogP) is 3.80. The molecule has 0 unspecified atom stereocenters. The highest BCUT2D eigenvalue weighted by Crippen LogP contribution is 2.27. The van der Waals surface area contributed by atoms with E-state index in [0.717, 1.165) is 0 Å². The van der Waals surface area contributed by atoms with Gasteiger partial charge in [-0.25, -0.2) is 4.79 Å². The Labute approximate surface area is 143 Å². The van der Waals surface area contributed by atoms with Crippen molar-refractivity contribution in [3.63, 3.8) is 0 Å². The molecule has 0 aromatic heterocycles. The summed E-state index contributed by atoms with van der Waals surface area (Å²) in [6.07, 6.45) is 0. The highest BCUT2D eigenvalue weighted by Gasteiger charge is 2.08. The number of carbonyl (C=O) groups excluding carboxylic acids is 2. The van der Waals surface area contributed by atoms with E-state index in [4.69, 9.17) is 27.9 Å². The van der Waals surface area contributed by atoms with Crippen molar-refractivity contribution in [1.29, 1.82) is 0 Å². The van der Waals surface area contributed by atoms with E-state index in [-0.39, 0.29) is 12.5 Å². The van der Waals surface area contributed by atoms with Crippen LogP contribution in [0.4, 0.5) is 5.69 Å². The van der Waals surface area contributed by atoms with E-state index in [0.29, 0.717) is 27.0 Å². The SMILES string of the molecule is COC(=O)c1ccc(NC(=O)COc2cc(Cl)ccc2Cl)cc1. The number of halogens is 2. The normalized spacial score (nSPS) is 10.0. The van der Waals surface area contributed by atoms with Crippen molar-refractivity contribution in [2.75, 3.05) is 19.0 Å². The molecule has 5 nitrogen and oxygen atoms in total. The van der Waals surface area contributed by atoms with E-state index in [1.54, 1.807) is 36.4 Å². The standard InChI is InChI=1S/C16H13Cl2NO4/c1-22-16(21)10-2-5-12(6-3-10)19-15(20)9-23-14-8-11(17)4-7-13(14)18/h2-8H,9H2,1H3,(H,19,20). The third kappa shape index (κ3) is 4.87. The minimum atomic E-state index is -0.443. The molecule has 0 fully saturated rings. The van der Waals surface area contributed by atoms with E-state index < -0.39 is 5.97 Å². The lowest BCUT2D eigenvalue weighted by Crippen LogP contribution is -2.20. The van der Waals surface area contributed by atoms with E-state index in [1.165, 1.54) is 13.2 Å². The fourth-order valence-electron chi connectivity index (χ4n) is 1.74. The quantitative estimate of drug-likeness (QED) is 0.830. The molecule has 0 radical (unpaired) electrons. The first kappa shape index (κ1) is 17.1. The van der Waals surface area contributed by atoms with Crippen molar-refractivity contribution in [2.45, 2.75) is 0 Å². The Bertz CT molecular complexity index is 717. The van der Waals surface area contributed by atoms with Gasteiger partial charge in [-0.3, -0.25) is 4.79 Å². The van der Waals surface area contributed by atoms with Crippen LogP contribution in [0.25, 0.3) is 0 Å². The molecule has 0 saturated heterocycles. The average Bonchev–Trinajstić information content (AvgIpc) is 2.55. The second kappa shape index (κ2) is 7.85. The van der Waals surface area contributed by atoms with Crippen LogP contribution in [0.3, 0.4) is 0 Å². The van der Waals surface area contributed by atoms with Gasteiger partial charge in [0.1, 0.15) is 5.75 Å². The monoisotopic (exact) mass is 353 g/mol. The van der Waals surface area contributed by atoms with Gasteiger partial charge in [-0.15, -0.1) is 0 Å². The van der Waals surface area contributed by atoms with Gasteiger partial charge in [0, 0.05) is 16.8 Å². The van der Waals surface area contributed by atoms with Gasteiger partial charge in [0.15, 0.2) is 6.61 Å². The van der Waals surface area contributed by atoms with Crippen LogP contribution in [0.2, 0.25) is 10.0 Å². The molecule has 0 bridgehead atoms. The summed E-state index contributed by atoms with van der Waals surface area (Å²) in [6.45, 7) is -0.223. The summed E-state index contributed by atoms with van der Waals surface area (Å²) < 4.78 is 9.92. The highest BCUT2D eigenvalue weighted by molar-refractivity contribution is 6.34. The summed E-state index contributed by atoms with van der Waals surface area (Å²) in [4.78, 5) is 23.2. The van der Waals surface area contributed by atoms with Crippen LogP contribution >= 0.6 is 23.2 Å². The molecule has 2 aromatic rings. The molecule has 0 aliphatic heterocycles. The van der Waals surface area contributed by atoms with Crippen LogP contribution in [-0.4, -0.2) is 25.6 Å². The number of ether oxygens (including phenoxy) is 2. The Kier molecular flexibility index (Phi) is 5.84. The van der Waals surface area contributed by atoms with Gasteiger partial charge >= 0.3 is 5.97 Å². The molecule has 23 heavy (non-hydrogen) atoms. The minimum absolute atomic E-state index is 0.223. The van der Waals surface area contributed by atoms with Crippen molar-refractivity contribution in [1.82, 2.24) is 0 Å². The average molecular weight is 354 g/mol. The summed E-state index contributed by atoms with van der Waals surface area (Å²) in [5.74, 6) is -0.482. The van der Waals surface area contributed by atoms with E-state index in [2.05, 4.69) is 10.1 Å². The van der Waals surface area contributed by atoms with Gasteiger partial charge in [0.05, 0.1) is 17.7 Å². The summed E-state index contributed by atoms with van der Waals surface area (Å²) in [5.41, 5.74) is 0.927. The number of methoxy groups -OCH3 is 1. The number of hydrogen-bond acceptors (Lipinski definition) is 4. The number of carbonyl (C=O) groups is 2. The van der Waals surface area contributed by atoms with Crippen LogP contribution in [0.1, 0.15) is 10.4 Å². The van der Waals surface area contributed by atoms with Crippen LogP contribution in [0.5, 0.6) is 5.75 Å². The second-order valence-electron chi connectivity index (χ2n) is 4.48. The summed E-state index contributed by atoms with van der Waals surface area (Å²) in [7, 11) is 1.30. The zero-order valence-electron chi connectivity index (χ0n) is 12.1. The van der Waals surface area contributed by atoms with E-state index >= 15 is 0 Å². The maximum atomic E-state index is 11.9. The molecular formula is C16H13Cl2NO4. The Morgan fingerprint density at radius 2 is 1.78 bits per heavy atom. The number of rotatable bonds is 5. The Morgan fingerprint density at radius 3 is 2.43 bits per heavy atom. The lowest BCUT2D eigenvalue weighted by atomic mass is 10.2. The Hall–Kier alpha value is -2.24. The molecule has 0 atom stereocenters. The summed E-state index contributed by atoms with van der Waals surface area (Å²) in [6, 6.07) is 11.0. The van der Waals surface area contributed by atoms with Crippen molar-refractivity contribution in [3.05, 3.63) is 58.1 Å². The molecule has 0 spiro atoms. The number of benzene rings is 2. The van der Waals surface area contributed by atoms with Crippen molar-refractivity contribution in [2.24, 2.45) is 0 Å². The molecule has 2 aromatic carbocycles. The summed E-state index contributed by atoms with van der Waals surface area (Å²) in [5, 5.41) is 3.46.